The van der Waals surface area contributed by atoms with Gasteiger partial charge in [0.15, 0.2) is 0 Å². The van der Waals surface area contributed by atoms with Gasteiger partial charge in [0.25, 0.3) is 11.8 Å². The maximum Gasteiger partial charge on any atom is 0.295 e. The van der Waals surface area contributed by atoms with Gasteiger partial charge in [-0.05, 0) is 60.9 Å². The van der Waals surface area contributed by atoms with Crippen LogP contribution in [0.2, 0.25) is 0 Å². The van der Waals surface area contributed by atoms with Crippen LogP contribution in [-0.2, 0) is 15.8 Å². The van der Waals surface area contributed by atoms with Gasteiger partial charge in [-0.15, -0.1) is 11.3 Å². The number of hydrogen-bond acceptors (Lipinski definition) is 5. The summed E-state index contributed by atoms with van der Waals surface area (Å²) >= 11 is 0. The average molecular weight is 480 g/mol. The Morgan fingerprint density at radius 3 is 2.68 bits per heavy atom. The van der Waals surface area contributed by atoms with Crippen LogP contribution in [-0.4, -0.2) is 34.1 Å². The molecule has 2 aromatic carbocycles. The van der Waals surface area contributed by atoms with Crippen LogP contribution in [0.3, 0.4) is 0 Å². The Labute approximate surface area is 198 Å². The zero-order valence-corrected chi connectivity index (χ0v) is 19.0. The summed E-state index contributed by atoms with van der Waals surface area (Å²) in [4.78, 5) is 30.4. The second kappa shape index (κ2) is 11.7. The van der Waals surface area contributed by atoms with Crippen molar-refractivity contribution < 1.29 is 18.2 Å². The molecule has 34 heavy (non-hydrogen) atoms. The molecule has 0 aliphatic heterocycles. The summed E-state index contributed by atoms with van der Waals surface area (Å²) in [5.41, 5.74) is 5.57. The predicted octanol–water partition coefficient (Wildman–Crippen LogP) is 2.31. The van der Waals surface area contributed by atoms with Crippen LogP contribution in [0.1, 0.15) is 15.9 Å². The third-order valence-corrected chi connectivity index (χ3v) is 5.58. The average Bonchev–Trinajstić information content (AvgIpc) is 2.84. The minimum atomic E-state index is -1.96. The minimum Gasteiger partial charge on any atom is -0.383 e. The second-order valence-corrected chi connectivity index (χ2v) is 8.28. The monoisotopic (exact) mass is 479 g/mol. The van der Waals surface area contributed by atoms with Crippen molar-refractivity contribution in [2.75, 3.05) is 18.4 Å². The summed E-state index contributed by atoms with van der Waals surface area (Å²) in [6, 6.07) is 14.4. The predicted molar refractivity (Wildman–Crippen MR) is 128 cm³/mol. The first-order chi connectivity index (χ1) is 16.4. The molecule has 0 aliphatic rings. The molecule has 10 heteroatoms. The Morgan fingerprint density at radius 2 is 1.91 bits per heavy atom. The lowest BCUT2D eigenvalue weighted by molar-refractivity contribution is -0.115. The topological polar surface area (TPSA) is 112 Å². The quantitative estimate of drug-likeness (QED) is 0.214. The summed E-state index contributed by atoms with van der Waals surface area (Å²) in [5.74, 6) is 0.330. The SMILES string of the molecule is C#CC(=O)NCCNc1ccnc(-c2cc(C)cc(C(=O)NNS(=O)c3ccccc3F)c2)c1. The van der Waals surface area contributed by atoms with Gasteiger partial charge in [0.05, 0.1) is 10.6 Å². The number of hydrogen-bond donors (Lipinski definition) is 4. The molecule has 2 amide bonds. The molecule has 1 aromatic heterocycles. The Balaban J connectivity index is 1.68. The van der Waals surface area contributed by atoms with Crippen molar-refractivity contribution in [1.82, 2.24) is 20.6 Å². The standard InChI is InChI=1S/C24H22FN5O3S/c1-3-23(31)28-11-10-26-19-8-9-27-21(15-19)17-12-16(2)13-18(14-17)24(32)29-30-34(33)22-7-5-4-6-20(22)25/h1,4-9,12-15,30H,10-11H2,2H3,(H,26,27)(H,28,31)(H,29,32). The van der Waals surface area contributed by atoms with Crippen molar-refractivity contribution in [1.29, 1.82) is 0 Å². The molecule has 0 saturated heterocycles. The van der Waals surface area contributed by atoms with Crippen molar-refractivity contribution in [3.8, 4) is 23.6 Å². The first-order valence-electron chi connectivity index (χ1n) is 10.2. The van der Waals surface area contributed by atoms with Gasteiger partial charge < -0.3 is 10.6 Å². The van der Waals surface area contributed by atoms with Crippen molar-refractivity contribution in [2.45, 2.75) is 11.8 Å². The fourth-order valence-corrected chi connectivity index (χ4v) is 3.75. The number of pyridine rings is 1. The van der Waals surface area contributed by atoms with E-state index in [0.29, 0.717) is 29.9 Å². The first kappa shape index (κ1) is 24.6. The van der Waals surface area contributed by atoms with Crippen molar-refractivity contribution >= 4 is 28.5 Å². The molecule has 174 valence electrons. The molecule has 3 aromatic rings. The number of halogens is 1. The van der Waals surface area contributed by atoms with E-state index < -0.39 is 28.6 Å². The van der Waals surface area contributed by atoms with Crippen LogP contribution < -0.4 is 20.9 Å². The van der Waals surface area contributed by atoms with E-state index in [1.807, 2.05) is 25.0 Å². The smallest absolute Gasteiger partial charge is 0.295 e. The van der Waals surface area contributed by atoms with Crippen molar-refractivity contribution in [3.63, 3.8) is 0 Å². The van der Waals surface area contributed by atoms with Crippen LogP contribution in [0.15, 0.2) is 65.7 Å². The highest BCUT2D eigenvalue weighted by Crippen LogP contribution is 2.23. The molecule has 0 fully saturated rings. The fourth-order valence-electron chi connectivity index (χ4n) is 3.01. The second-order valence-electron chi connectivity index (χ2n) is 7.10. The maximum atomic E-state index is 13.8. The lowest BCUT2D eigenvalue weighted by atomic mass is 10.0. The van der Waals surface area contributed by atoms with E-state index in [1.54, 1.807) is 30.5 Å². The molecule has 1 unspecified atom stereocenters. The number of aromatic nitrogens is 1. The number of amides is 2. The number of aryl methyl sites for hydroxylation is 1. The molecule has 0 radical (unpaired) electrons. The highest BCUT2D eigenvalue weighted by Gasteiger charge is 2.13. The van der Waals surface area contributed by atoms with Gasteiger partial charge in [0, 0.05) is 36.1 Å². The summed E-state index contributed by atoms with van der Waals surface area (Å²) in [6.45, 7) is 2.65. The van der Waals surface area contributed by atoms with Crippen LogP contribution in [0.25, 0.3) is 11.3 Å². The zero-order chi connectivity index (χ0) is 24.5. The number of benzene rings is 2. The Bertz CT molecular complexity index is 1280. The van der Waals surface area contributed by atoms with E-state index in [9.17, 15) is 18.2 Å². The number of carbonyl (C=O) groups excluding carboxylic acids is 2. The fraction of sp³-hybridized carbons (Fsp3) is 0.125. The van der Waals surface area contributed by atoms with Gasteiger partial charge in [-0.2, -0.15) is 0 Å². The van der Waals surface area contributed by atoms with E-state index in [4.69, 9.17) is 6.42 Å². The number of nitrogens with one attached hydrogen (secondary N) is 4. The van der Waals surface area contributed by atoms with Gasteiger partial charge in [-0.25, -0.2) is 8.60 Å². The molecular formula is C24H22FN5O3S. The molecule has 0 spiro atoms. The molecule has 0 aliphatic carbocycles. The van der Waals surface area contributed by atoms with Gasteiger partial charge >= 0.3 is 0 Å². The van der Waals surface area contributed by atoms with Crippen LogP contribution in [0, 0.1) is 25.1 Å². The van der Waals surface area contributed by atoms with Crippen molar-refractivity contribution in [2.24, 2.45) is 0 Å². The van der Waals surface area contributed by atoms with Crippen molar-refractivity contribution in [3.05, 3.63) is 77.7 Å². The van der Waals surface area contributed by atoms with Gasteiger partial charge in [-0.1, -0.05) is 12.1 Å². The first-order valence-corrected chi connectivity index (χ1v) is 11.3. The van der Waals surface area contributed by atoms with Crippen LogP contribution in [0.4, 0.5) is 10.1 Å². The Kier molecular flexibility index (Phi) is 8.45. The Morgan fingerprint density at radius 1 is 1.12 bits per heavy atom. The maximum absolute atomic E-state index is 13.8. The number of hydrazine groups is 1. The van der Waals surface area contributed by atoms with Crippen LogP contribution >= 0.6 is 0 Å². The molecule has 0 saturated carbocycles. The number of rotatable bonds is 9. The third kappa shape index (κ3) is 6.71. The minimum absolute atomic E-state index is 0.0693. The lowest BCUT2D eigenvalue weighted by Gasteiger charge is -2.11. The summed E-state index contributed by atoms with van der Waals surface area (Å²) < 4.78 is 26.0. The van der Waals surface area contributed by atoms with E-state index in [1.165, 1.54) is 18.2 Å². The summed E-state index contributed by atoms with van der Waals surface area (Å²) in [7, 11) is -1.96. The molecule has 1 heterocycles. The number of terminal acetylenes is 1. The van der Waals surface area contributed by atoms with E-state index in [0.717, 1.165) is 11.3 Å². The molecular weight excluding hydrogens is 457 g/mol. The molecule has 1 atom stereocenters. The van der Waals surface area contributed by atoms with E-state index >= 15 is 0 Å². The zero-order valence-electron chi connectivity index (χ0n) is 18.2. The summed E-state index contributed by atoms with van der Waals surface area (Å²) in [6.07, 6.45) is 6.63. The van der Waals surface area contributed by atoms with Gasteiger partial charge in [0.2, 0.25) is 0 Å². The Hall–Kier alpha value is -4.07. The largest absolute Gasteiger partial charge is 0.383 e. The van der Waals surface area contributed by atoms with Crippen LogP contribution in [0.5, 0.6) is 0 Å². The molecule has 3 rings (SSSR count). The number of nitrogens with zero attached hydrogens (tertiary/aromatic N) is 1. The summed E-state index contributed by atoms with van der Waals surface area (Å²) in [5, 5.41) is 5.73. The lowest BCUT2D eigenvalue weighted by Crippen LogP contribution is -2.38. The van der Waals surface area contributed by atoms with E-state index in [-0.39, 0.29) is 4.90 Å². The number of anilines is 1. The number of carbonyl (C=O) groups is 2. The van der Waals surface area contributed by atoms with Gasteiger partial charge in [-0.3, -0.25) is 20.0 Å². The molecule has 4 N–H and O–H groups in total. The molecule has 0 bridgehead atoms. The van der Waals surface area contributed by atoms with Gasteiger partial charge in [0.1, 0.15) is 16.8 Å². The molecule has 8 nitrogen and oxygen atoms in total. The highest BCUT2D eigenvalue weighted by molar-refractivity contribution is 7.83. The third-order valence-electron chi connectivity index (χ3n) is 4.56. The highest BCUT2D eigenvalue weighted by atomic mass is 32.2. The normalized spacial score (nSPS) is 11.2. The van der Waals surface area contributed by atoms with E-state index in [2.05, 4.69) is 25.9 Å².